The number of aromatic nitrogens is 7. The summed E-state index contributed by atoms with van der Waals surface area (Å²) in [5.41, 5.74) is 12.8. The number of rotatable bonds is 12. The fraction of sp³-hybridized carbons (Fsp3) is 0.338. The molecular weight excluding hydrogens is 1060 g/mol. The molecule has 14 rings (SSSR count). The van der Waals surface area contributed by atoms with Crippen molar-refractivity contribution in [3.63, 3.8) is 0 Å². The second-order valence-electron chi connectivity index (χ2n) is 25.5. The highest BCUT2D eigenvalue weighted by Crippen LogP contribution is 2.69. The molecule has 0 amide bonds. The molecule has 2 aliphatic heterocycles. The minimum Gasteiger partial charge on any atom is -0.508 e. The first-order chi connectivity index (χ1) is 41.2. The first-order valence-corrected chi connectivity index (χ1v) is 30.3. The Kier molecular flexibility index (Phi) is 13.6. The average Bonchev–Trinajstić information content (AvgIpc) is 3.14. The number of hydrogen-bond acceptors (Lipinski definition) is 10. The van der Waals surface area contributed by atoms with Crippen molar-refractivity contribution in [2.45, 2.75) is 104 Å². The molecule has 4 fully saturated rings. The Morgan fingerprint density at radius 1 is 0.647 bits per heavy atom. The minimum atomic E-state index is -0.736. The molecule has 14 nitrogen and oxygen atoms in total. The van der Waals surface area contributed by atoms with Crippen LogP contribution < -0.4 is 4.74 Å². The van der Waals surface area contributed by atoms with E-state index in [1.54, 1.807) is 36.4 Å². The van der Waals surface area contributed by atoms with Crippen LogP contribution >= 0.6 is 0 Å². The van der Waals surface area contributed by atoms with Gasteiger partial charge in [-0.1, -0.05) is 74.5 Å². The number of aliphatic hydroxyl groups excluding tert-OH is 1. The largest absolute Gasteiger partial charge is 0.508 e. The van der Waals surface area contributed by atoms with Crippen LogP contribution in [0.5, 0.6) is 23.0 Å². The third-order valence-corrected chi connectivity index (χ3v) is 20.9. The molecule has 0 saturated heterocycles. The van der Waals surface area contributed by atoms with Crippen LogP contribution in [0.15, 0.2) is 128 Å². The number of aromatic amines is 2. The molecule has 8 aromatic rings. The van der Waals surface area contributed by atoms with Crippen LogP contribution in [0.2, 0.25) is 0 Å². The first-order valence-electron chi connectivity index (χ1n) is 30.3. The molecule has 14 heteroatoms. The molecule has 4 aromatic heterocycles. The summed E-state index contributed by atoms with van der Waals surface area (Å²) in [4.78, 5) is 29.7. The highest BCUT2D eigenvalue weighted by molar-refractivity contribution is 6.00. The average molecular weight is 1130 g/mol. The lowest BCUT2D eigenvalue weighted by atomic mass is 9.43. The summed E-state index contributed by atoms with van der Waals surface area (Å²) in [5.74, 6) is 2.98. The van der Waals surface area contributed by atoms with Crippen LogP contribution in [-0.4, -0.2) is 72.5 Å². The zero-order valence-corrected chi connectivity index (χ0v) is 48.1. The number of aromatic hydroxyl groups is 3. The maximum atomic E-state index is 12.1. The molecule has 7 N–H and O–H groups in total. The molecular formula is C71H71N7O7. The molecule has 8 bridgehead atoms. The number of carboxylic acid groups (broad SMARTS) is 1. The van der Waals surface area contributed by atoms with Gasteiger partial charge in [-0.15, -0.1) is 5.10 Å². The number of aliphatic carboxylic acids is 1. The number of phenolic OH excluding ortho intramolecular Hbond substituents is 3. The molecule has 0 spiro atoms. The highest BCUT2D eigenvalue weighted by atomic mass is 16.5. The van der Waals surface area contributed by atoms with Gasteiger partial charge in [-0.3, -0.25) is 4.79 Å². The maximum absolute atomic E-state index is 12.1. The monoisotopic (exact) mass is 1130 g/mol. The molecule has 4 saturated carbocycles. The Hall–Kier alpha value is -8.75. The molecule has 85 heavy (non-hydrogen) atoms. The molecule has 10 atom stereocenters. The van der Waals surface area contributed by atoms with Crippen molar-refractivity contribution in [3.8, 4) is 67.5 Å². The van der Waals surface area contributed by atoms with E-state index in [1.165, 1.54) is 12.8 Å². The number of benzene rings is 4. The maximum Gasteiger partial charge on any atom is 0.303 e. The lowest BCUT2D eigenvalue weighted by molar-refractivity contribution is -0.171. The van der Waals surface area contributed by atoms with Gasteiger partial charge in [-0.05, 0) is 223 Å². The van der Waals surface area contributed by atoms with Crippen molar-refractivity contribution in [2.75, 3.05) is 0 Å². The van der Waals surface area contributed by atoms with E-state index in [2.05, 4.69) is 52.8 Å². The quantitative estimate of drug-likeness (QED) is 0.0611. The Labute approximate surface area is 493 Å². The topological polar surface area (TPSA) is 216 Å². The number of ether oxygens (including phenoxy) is 1. The summed E-state index contributed by atoms with van der Waals surface area (Å²) >= 11 is 0. The van der Waals surface area contributed by atoms with Gasteiger partial charge >= 0.3 is 5.97 Å². The molecule has 4 aromatic carbocycles. The third kappa shape index (κ3) is 9.68. The van der Waals surface area contributed by atoms with Crippen LogP contribution in [0.4, 0.5) is 0 Å². The van der Waals surface area contributed by atoms with Crippen LogP contribution in [0.25, 0.3) is 90.9 Å². The molecule has 0 radical (unpaired) electrons. The number of nitrogens with one attached hydrogen (secondary N) is 2. The van der Waals surface area contributed by atoms with Gasteiger partial charge in [0.1, 0.15) is 35.3 Å². The summed E-state index contributed by atoms with van der Waals surface area (Å²) < 4.78 is 8.68. The number of hydrogen-bond donors (Lipinski definition) is 7. The second-order valence-corrected chi connectivity index (χ2v) is 25.5. The van der Waals surface area contributed by atoms with Crippen molar-refractivity contribution in [1.29, 1.82) is 0 Å². The van der Waals surface area contributed by atoms with E-state index >= 15 is 0 Å². The van der Waals surface area contributed by atoms with Gasteiger partial charge < -0.3 is 40.2 Å². The van der Waals surface area contributed by atoms with Crippen LogP contribution in [0, 0.1) is 46.3 Å². The number of carbonyl (C=O) groups is 1. The van der Waals surface area contributed by atoms with E-state index in [0.29, 0.717) is 64.5 Å². The fourth-order valence-corrected chi connectivity index (χ4v) is 16.8. The molecule has 0 unspecified atom stereocenters. The summed E-state index contributed by atoms with van der Waals surface area (Å²) in [6, 6.07) is 37.8. The standard InChI is InChI=1S/C71H71N7O7/c1-40(16-29-65(83)84)53-19-20-54-52-18-17-45-36-47(30-31-70(45,2)55(52)37-64(82)71(53,54)3)78-38-46(76-77-78)39-85-51-15-7-11-44(35-51)69-62-27-25-60(74-62)67(42-9-5-13-49(80)33-42)58-23-21-56(72-58)66(41-8-4-12-48(79)32-41)57-22-24-59(73-57)68(61-26-28-63(69)75-61)43-10-6-14-50(81)34-43/h4-15,21-28,32-35,38,40,45,47,52-55,64,72,75,79-82H,16-20,29-31,36-37,39H2,1-3H3,(H,83,84)/t40-,45-,47-,52+,53-,54+,55+,64+,70+,71-/m1/s1. The number of H-pyrrole nitrogens is 2. The van der Waals surface area contributed by atoms with Gasteiger partial charge in [0.2, 0.25) is 0 Å². The van der Waals surface area contributed by atoms with Crippen LogP contribution in [-0.2, 0) is 11.4 Å². The van der Waals surface area contributed by atoms with Gasteiger partial charge in [0.05, 0.1) is 41.1 Å². The smallest absolute Gasteiger partial charge is 0.303 e. The van der Waals surface area contributed by atoms with Crippen LogP contribution in [0.3, 0.4) is 0 Å². The van der Waals surface area contributed by atoms with Gasteiger partial charge in [-0.25, -0.2) is 14.6 Å². The summed E-state index contributed by atoms with van der Waals surface area (Å²) in [5, 5.41) is 63.5. The van der Waals surface area contributed by atoms with Crippen molar-refractivity contribution in [3.05, 3.63) is 156 Å². The number of nitrogens with zero attached hydrogens (tertiary/aromatic N) is 5. The van der Waals surface area contributed by atoms with Gasteiger partial charge in [0.25, 0.3) is 0 Å². The van der Waals surface area contributed by atoms with Gasteiger partial charge in [-0.2, -0.15) is 0 Å². The number of fused-ring (bicyclic) bond motifs is 13. The summed E-state index contributed by atoms with van der Waals surface area (Å²) in [6.45, 7) is 7.29. The molecule has 4 aliphatic carbocycles. The van der Waals surface area contributed by atoms with Crippen LogP contribution in [0.1, 0.15) is 119 Å². The summed E-state index contributed by atoms with van der Waals surface area (Å²) in [7, 11) is 0. The molecule has 6 aliphatic rings. The first kappa shape index (κ1) is 54.2. The summed E-state index contributed by atoms with van der Waals surface area (Å²) in [6.07, 6.45) is 19.1. The van der Waals surface area contributed by atoms with Crippen molar-refractivity contribution < 1.29 is 35.1 Å². The SMILES string of the molecule is C[C@H](CCC(=O)O)[C@H]1CC[C@H]2[C@@H]3CC[C@@H]4C[C@H](n5cc(COc6cccc(-c7c8nc(c(-c9cccc(O)c9)c9ccc([nH]9)c(-c9cccc(O)c9)c9nc(c(-c%10cccc(O)c%10)c%10ccc7[nH]%10)C=C9)C=C8)c6)nn5)CC[C@]4(C)[C@H]3C[C@H](O)[C@]12C. The van der Waals surface area contributed by atoms with E-state index in [9.17, 15) is 30.3 Å². The lowest BCUT2D eigenvalue weighted by Crippen LogP contribution is -2.58. The minimum absolute atomic E-state index is 0.120. The second kappa shape index (κ2) is 21.4. The highest BCUT2D eigenvalue weighted by Gasteiger charge is 2.64. The Morgan fingerprint density at radius 2 is 1.16 bits per heavy atom. The zero-order valence-electron chi connectivity index (χ0n) is 48.1. The zero-order chi connectivity index (χ0) is 58.3. The predicted octanol–water partition coefficient (Wildman–Crippen LogP) is 15.3. The number of carboxylic acids is 1. The van der Waals surface area contributed by atoms with E-state index in [0.717, 1.165) is 111 Å². The van der Waals surface area contributed by atoms with E-state index < -0.39 is 5.97 Å². The molecule has 6 heterocycles. The lowest BCUT2D eigenvalue weighted by Gasteiger charge is -2.62. The normalized spacial score (nSPS) is 25.2. The molecule has 432 valence electrons. The Morgan fingerprint density at radius 3 is 1.68 bits per heavy atom. The number of aliphatic hydroxyl groups is 1. The van der Waals surface area contributed by atoms with E-state index in [1.807, 2.05) is 103 Å². The number of phenols is 3. The van der Waals surface area contributed by atoms with E-state index in [-0.39, 0.29) is 59.2 Å². The van der Waals surface area contributed by atoms with E-state index in [4.69, 9.17) is 19.9 Å². The van der Waals surface area contributed by atoms with Gasteiger partial charge in [0.15, 0.2) is 0 Å². The van der Waals surface area contributed by atoms with Crippen molar-refractivity contribution in [2.24, 2.45) is 46.3 Å². The van der Waals surface area contributed by atoms with Crippen molar-refractivity contribution in [1.82, 2.24) is 34.9 Å². The Balaban J connectivity index is 0.786. The van der Waals surface area contributed by atoms with Crippen molar-refractivity contribution >= 4 is 52.3 Å². The Bertz CT molecular complexity index is 4130. The third-order valence-electron chi connectivity index (χ3n) is 20.9. The predicted molar refractivity (Wildman–Crippen MR) is 332 cm³/mol. The fourth-order valence-electron chi connectivity index (χ4n) is 16.8. The van der Waals surface area contributed by atoms with Gasteiger partial charge in [0, 0.05) is 50.7 Å².